The zero-order valence-electron chi connectivity index (χ0n) is 8.95. The Morgan fingerprint density at radius 1 is 1.29 bits per heavy atom. The molecule has 3 nitrogen and oxygen atoms in total. The van der Waals surface area contributed by atoms with Crippen molar-refractivity contribution in [2.24, 2.45) is 0 Å². The summed E-state index contributed by atoms with van der Waals surface area (Å²) in [5.74, 6) is 0.243. The average molecular weight is 192 g/mol. The van der Waals surface area contributed by atoms with E-state index in [-0.39, 0.29) is 11.9 Å². The molecular formula is C11H16N2O. The first-order valence-corrected chi connectivity index (χ1v) is 5.00. The Kier molecular flexibility index (Phi) is 2.10. The van der Waals surface area contributed by atoms with Crippen LogP contribution in [0.2, 0.25) is 0 Å². The Balaban J connectivity index is 2.36. The highest BCUT2D eigenvalue weighted by Gasteiger charge is 2.31. The van der Waals surface area contributed by atoms with Gasteiger partial charge >= 0.3 is 0 Å². The molecule has 0 spiro atoms. The highest BCUT2D eigenvalue weighted by Crippen LogP contribution is 2.25. The van der Waals surface area contributed by atoms with Crippen molar-refractivity contribution >= 4 is 5.91 Å². The second-order valence-electron chi connectivity index (χ2n) is 4.05. The van der Waals surface area contributed by atoms with Crippen molar-refractivity contribution in [3.63, 3.8) is 0 Å². The number of carbonyl (C=O) groups excluding carboxylic acids is 1. The molecule has 14 heavy (non-hydrogen) atoms. The number of hydrogen-bond donors (Lipinski definition) is 0. The molecule has 1 fully saturated rings. The summed E-state index contributed by atoms with van der Waals surface area (Å²) in [6, 6.07) is 4.18. The van der Waals surface area contributed by atoms with Gasteiger partial charge in [-0.1, -0.05) is 0 Å². The van der Waals surface area contributed by atoms with Crippen LogP contribution in [-0.4, -0.2) is 29.0 Å². The fourth-order valence-electron chi connectivity index (χ4n) is 2.22. The SMILES string of the molecule is Cc1ccc(C)n1C1CCN(C)C1=O. The van der Waals surface area contributed by atoms with Gasteiger partial charge in [0.1, 0.15) is 6.04 Å². The Labute approximate surface area is 84.3 Å². The highest BCUT2D eigenvalue weighted by molar-refractivity contribution is 5.82. The molecule has 2 heterocycles. The van der Waals surface area contributed by atoms with E-state index < -0.39 is 0 Å². The first-order chi connectivity index (χ1) is 6.61. The number of carbonyl (C=O) groups is 1. The third-order valence-electron chi connectivity index (χ3n) is 3.04. The van der Waals surface area contributed by atoms with Crippen LogP contribution >= 0.6 is 0 Å². The topological polar surface area (TPSA) is 25.2 Å². The van der Waals surface area contributed by atoms with Crippen LogP contribution in [0, 0.1) is 13.8 Å². The molecule has 0 saturated carbocycles. The highest BCUT2D eigenvalue weighted by atomic mass is 16.2. The summed E-state index contributed by atoms with van der Waals surface area (Å²) in [7, 11) is 1.87. The first-order valence-electron chi connectivity index (χ1n) is 5.00. The fraction of sp³-hybridized carbons (Fsp3) is 0.545. The lowest BCUT2D eigenvalue weighted by molar-refractivity contribution is -0.129. The molecule has 2 rings (SSSR count). The Bertz CT molecular complexity index is 348. The van der Waals surface area contributed by atoms with E-state index in [0.717, 1.165) is 13.0 Å². The molecule has 3 heteroatoms. The molecule has 0 N–H and O–H groups in total. The third kappa shape index (κ3) is 1.24. The monoisotopic (exact) mass is 192 g/mol. The maximum Gasteiger partial charge on any atom is 0.245 e. The minimum absolute atomic E-state index is 0.0370. The summed E-state index contributed by atoms with van der Waals surface area (Å²) in [5, 5.41) is 0. The van der Waals surface area contributed by atoms with Crippen LogP contribution in [0.5, 0.6) is 0 Å². The summed E-state index contributed by atoms with van der Waals surface area (Å²) < 4.78 is 2.14. The number of likely N-dealkylation sites (tertiary alicyclic amines) is 1. The first kappa shape index (κ1) is 9.31. The second kappa shape index (κ2) is 3.15. The maximum absolute atomic E-state index is 11.8. The van der Waals surface area contributed by atoms with Gasteiger partial charge in [-0.15, -0.1) is 0 Å². The van der Waals surface area contributed by atoms with E-state index in [1.807, 2.05) is 11.9 Å². The summed E-state index contributed by atoms with van der Waals surface area (Å²) in [6.07, 6.45) is 0.936. The van der Waals surface area contributed by atoms with Crippen molar-refractivity contribution in [1.29, 1.82) is 0 Å². The van der Waals surface area contributed by atoms with Crippen molar-refractivity contribution in [1.82, 2.24) is 9.47 Å². The van der Waals surface area contributed by atoms with Crippen molar-refractivity contribution in [2.45, 2.75) is 26.3 Å². The van der Waals surface area contributed by atoms with E-state index in [0.29, 0.717) is 0 Å². The molecule has 0 bridgehead atoms. The lowest BCUT2D eigenvalue weighted by Crippen LogP contribution is -2.25. The Morgan fingerprint density at radius 2 is 1.86 bits per heavy atom. The number of rotatable bonds is 1. The third-order valence-corrected chi connectivity index (χ3v) is 3.04. The molecule has 1 aliphatic rings. The largest absolute Gasteiger partial charge is 0.344 e. The molecule has 0 aliphatic carbocycles. The van der Waals surface area contributed by atoms with E-state index in [4.69, 9.17) is 0 Å². The van der Waals surface area contributed by atoms with Gasteiger partial charge in [-0.2, -0.15) is 0 Å². The summed E-state index contributed by atoms with van der Waals surface area (Å²) in [6.45, 7) is 4.98. The van der Waals surface area contributed by atoms with E-state index in [1.165, 1.54) is 11.4 Å². The molecule has 1 aromatic heterocycles. The van der Waals surface area contributed by atoms with E-state index in [2.05, 4.69) is 30.5 Å². The van der Waals surface area contributed by atoms with Crippen LogP contribution in [0.1, 0.15) is 23.9 Å². The van der Waals surface area contributed by atoms with E-state index in [9.17, 15) is 4.79 Å². The van der Waals surface area contributed by atoms with Crippen LogP contribution in [-0.2, 0) is 4.79 Å². The van der Waals surface area contributed by atoms with Crippen LogP contribution in [0.25, 0.3) is 0 Å². The van der Waals surface area contributed by atoms with Crippen molar-refractivity contribution in [3.8, 4) is 0 Å². The van der Waals surface area contributed by atoms with Crippen LogP contribution in [0.4, 0.5) is 0 Å². The van der Waals surface area contributed by atoms with Gasteiger partial charge in [0.15, 0.2) is 0 Å². The molecule has 1 aromatic rings. The van der Waals surface area contributed by atoms with Crippen LogP contribution in [0.15, 0.2) is 12.1 Å². The van der Waals surface area contributed by atoms with Crippen LogP contribution in [0.3, 0.4) is 0 Å². The average Bonchev–Trinajstić information content (AvgIpc) is 2.62. The van der Waals surface area contributed by atoms with Gasteiger partial charge in [0.2, 0.25) is 5.91 Å². The van der Waals surface area contributed by atoms with Gasteiger partial charge in [0.25, 0.3) is 0 Å². The van der Waals surface area contributed by atoms with Gasteiger partial charge in [-0.25, -0.2) is 0 Å². The summed E-state index contributed by atoms with van der Waals surface area (Å²) in [4.78, 5) is 13.6. The van der Waals surface area contributed by atoms with E-state index in [1.54, 1.807) is 0 Å². The predicted molar refractivity (Wildman–Crippen MR) is 55.2 cm³/mol. The molecule has 1 aliphatic heterocycles. The fourth-order valence-corrected chi connectivity index (χ4v) is 2.22. The van der Waals surface area contributed by atoms with Crippen LogP contribution < -0.4 is 0 Å². The second-order valence-corrected chi connectivity index (χ2v) is 4.05. The van der Waals surface area contributed by atoms with Gasteiger partial charge < -0.3 is 9.47 Å². The van der Waals surface area contributed by atoms with E-state index >= 15 is 0 Å². The number of aromatic nitrogens is 1. The molecule has 1 atom stereocenters. The molecule has 0 aromatic carbocycles. The van der Waals surface area contributed by atoms with Crippen molar-refractivity contribution < 1.29 is 4.79 Å². The smallest absolute Gasteiger partial charge is 0.245 e. The standard InChI is InChI=1S/C11H16N2O/c1-8-4-5-9(2)13(8)10-6-7-12(3)11(10)14/h4-5,10H,6-7H2,1-3H3. The number of hydrogen-bond acceptors (Lipinski definition) is 1. The summed E-state index contributed by atoms with van der Waals surface area (Å²) >= 11 is 0. The minimum atomic E-state index is 0.0370. The number of likely N-dealkylation sites (N-methyl/N-ethyl adjacent to an activating group) is 1. The molecule has 1 amide bonds. The van der Waals surface area contributed by atoms with Gasteiger partial charge in [0.05, 0.1) is 0 Å². The summed E-state index contributed by atoms with van der Waals surface area (Å²) in [5.41, 5.74) is 2.35. The number of aryl methyl sites for hydroxylation is 2. The van der Waals surface area contributed by atoms with Gasteiger partial charge in [-0.05, 0) is 32.4 Å². The zero-order chi connectivity index (χ0) is 10.3. The molecule has 76 valence electrons. The lowest BCUT2D eigenvalue weighted by Gasteiger charge is -2.16. The Hall–Kier alpha value is -1.25. The Morgan fingerprint density at radius 3 is 2.29 bits per heavy atom. The number of nitrogens with zero attached hydrogens (tertiary/aromatic N) is 2. The molecule has 1 unspecified atom stereocenters. The van der Waals surface area contributed by atoms with Gasteiger partial charge in [-0.3, -0.25) is 4.79 Å². The predicted octanol–water partition coefficient (Wildman–Crippen LogP) is 1.51. The van der Waals surface area contributed by atoms with Crippen molar-refractivity contribution in [3.05, 3.63) is 23.5 Å². The lowest BCUT2D eigenvalue weighted by atomic mass is 10.2. The zero-order valence-corrected chi connectivity index (χ0v) is 8.95. The van der Waals surface area contributed by atoms with Crippen molar-refractivity contribution in [2.75, 3.05) is 13.6 Å². The quantitative estimate of drug-likeness (QED) is 0.662. The van der Waals surface area contributed by atoms with Gasteiger partial charge in [0, 0.05) is 25.0 Å². The minimum Gasteiger partial charge on any atom is -0.344 e. The molecule has 0 radical (unpaired) electrons. The normalized spacial score (nSPS) is 22.1. The molecule has 1 saturated heterocycles. The molecular weight excluding hydrogens is 176 g/mol. The number of amides is 1. The maximum atomic E-state index is 11.8.